The molecule has 2 N–H and O–H groups in total. The number of hydrogen-bond donors (Lipinski definition) is 2. The zero-order chi connectivity index (χ0) is 20.9. The first-order valence-corrected chi connectivity index (χ1v) is 9.96. The molecule has 2 heterocycles. The summed E-state index contributed by atoms with van der Waals surface area (Å²) in [5.41, 5.74) is 1.12. The number of rotatable bonds is 7. The van der Waals surface area contributed by atoms with Gasteiger partial charge in [-0.2, -0.15) is 5.10 Å². The highest BCUT2D eigenvalue weighted by molar-refractivity contribution is 9.10. The van der Waals surface area contributed by atoms with Gasteiger partial charge in [0.05, 0.1) is 11.9 Å². The summed E-state index contributed by atoms with van der Waals surface area (Å²) in [5.74, 6) is -0.285. The van der Waals surface area contributed by atoms with E-state index in [1.54, 1.807) is 18.6 Å². The molecule has 1 amide bonds. The maximum atomic E-state index is 12.6. The van der Waals surface area contributed by atoms with E-state index in [2.05, 4.69) is 71.3 Å². The second kappa shape index (κ2) is 8.86. The molecule has 0 aliphatic rings. The van der Waals surface area contributed by atoms with E-state index in [1.165, 1.54) is 0 Å². The first-order valence-electron chi connectivity index (χ1n) is 9.16. The van der Waals surface area contributed by atoms with Gasteiger partial charge in [0.15, 0.2) is 0 Å². The van der Waals surface area contributed by atoms with Crippen molar-refractivity contribution >= 4 is 27.5 Å². The Balaban J connectivity index is 2.05. The lowest BCUT2D eigenvalue weighted by atomic mass is 9.82. The molecule has 0 unspecified atom stereocenters. The smallest absolute Gasteiger partial charge is 0.283 e. The van der Waals surface area contributed by atoms with E-state index < -0.39 is 0 Å². The second-order valence-electron chi connectivity index (χ2n) is 8.71. The minimum atomic E-state index is -0.351. The Morgan fingerprint density at radius 2 is 1.82 bits per heavy atom. The van der Waals surface area contributed by atoms with Gasteiger partial charge in [-0.05, 0) is 59.3 Å². The van der Waals surface area contributed by atoms with Gasteiger partial charge >= 0.3 is 0 Å². The number of nitrogens with zero attached hydrogens (tertiary/aromatic N) is 3. The molecule has 0 aliphatic carbocycles. The van der Waals surface area contributed by atoms with Gasteiger partial charge in [-0.1, -0.05) is 20.8 Å². The standard InChI is InChI=1S/C20H28BrN5O2/c1-19(2,3)13-20(4,5)25-15-11-24-26(18(28)17(15)21)12-16(27)23-10-14-6-8-22-9-7-14/h6-9,11,25H,10,12-13H2,1-5H3,(H,23,27). The van der Waals surface area contributed by atoms with Gasteiger partial charge in [0.1, 0.15) is 11.0 Å². The third kappa shape index (κ3) is 6.74. The molecule has 2 aromatic heterocycles. The van der Waals surface area contributed by atoms with Crippen molar-refractivity contribution in [1.29, 1.82) is 0 Å². The normalized spacial score (nSPS) is 11.9. The van der Waals surface area contributed by atoms with Crippen molar-refractivity contribution in [2.24, 2.45) is 5.41 Å². The molecule has 0 saturated carbocycles. The van der Waals surface area contributed by atoms with E-state index >= 15 is 0 Å². The zero-order valence-corrected chi connectivity index (χ0v) is 18.6. The van der Waals surface area contributed by atoms with Crippen LogP contribution in [0.3, 0.4) is 0 Å². The number of aromatic nitrogens is 3. The Kier molecular flexibility index (Phi) is 6.98. The van der Waals surface area contributed by atoms with E-state index in [9.17, 15) is 9.59 Å². The van der Waals surface area contributed by atoms with Crippen LogP contribution in [0.5, 0.6) is 0 Å². The summed E-state index contributed by atoms with van der Waals surface area (Å²) in [6, 6.07) is 3.64. The predicted molar refractivity (Wildman–Crippen MR) is 114 cm³/mol. The number of nitrogens with one attached hydrogen (secondary N) is 2. The Hall–Kier alpha value is -2.22. The van der Waals surface area contributed by atoms with Crippen molar-refractivity contribution in [1.82, 2.24) is 20.1 Å². The Morgan fingerprint density at radius 3 is 2.43 bits per heavy atom. The predicted octanol–water partition coefficient (Wildman–Crippen LogP) is 3.34. The van der Waals surface area contributed by atoms with E-state index in [4.69, 9.17) is 0 Å². The second-order valence-corrected chi connectivity index (χ2v) is 9.51. The highest BCUT2D eigenvalue weighted by Gasteiger charge is 2.26. The molecule has 0 saturated heterocycles. The van der Waals surface area contributed by atoms with Crippen molar-refractivity contribution in [2.75, 3.05) is 5.32 Å². The molecule has 2 aromatic rings. The molecule has 0 radical (unpaired) electrons. The van der Waals surface area contributed by atoms with Crippen molar-refractivity contribution in [3.05, 3.63) is 51.1 Å². The summed E-state index contributed by atoms with van der Waals surface area (Å²) in [4.78, 5) is 28.7. The van der Waals surface area contributed by atoms with E-state index in [1.807, 2.05) is 12.1 Å². The quantitative estimate of drug-likeness (QED) is 0.676. The number of pyridine rings is 1. The third-order valence-electron chi connectivity index (χ3n) is 3.96. The number of hydrogen-bond acceptors (Lipinski definition) is 5. The lowest BCUT2D eigenvalue weighted by Crippen LogP contribution is -2.37. The Bertz CT molecular complexity index is 872. The van der Waals surface area contributed by atoms with Crippen molar-refractivity contribution in [2.45, 2.75) is 59.7 Å². The van der Waals surface area contributed by atoms with E-state index in [0.717, 1.165) is 16.7 Å². The number of anilines is 1. The number of amides is 1. The van der Waals surface area contributed by atoms with Crippen LogP contribution >= 0.6 is 15.9 Å². The van der Waals surface area contributed by atoms with Crippen LogP contribution in [0, 0.1) is 5.41 Å². The first-order chi connectivity index (χ1) is 13.0. The maximum Gasteiger partial charge on any atom is 0.283 e. The summed E-state index contributed by atoms with van der Waals surface area (Å²) in [5, 5.41) is 10.3. The molecule has 7 nitrogen and oxygen atoms in total. The third-order valence-corrected chi connectivity index (χ3v) is 4.73. The van der Waals surface area contributed by atoms with Crippen molar-refractivity contribution in [3.63, 3.8) is 0 Å². The van der Waals surface area contributed by atoms with Crippen molar-refractivity contribution < 1.29 is 4.79 Å². The van der Waals surface area contributed by atoms with Gasteiger partial charge in [-0.3, -0.25) is 14.6 Å². The number of carbonyl (C=O) groups is 1. The molecule has 2 rings (SSSR count). The number of halogens is 1. The number of carbonyl (C=O) groups excluding carboxylic acids is 1. The fourth-order valence-electron chi connectivity index (χ4n) is 3.29. The van der Waals surface area contributed by atoms with Gasteiger partial charge in [0.25, 0.3) is 5.56 Å². The summed E-state index contributed by atoms with van der Waals surface area (Å²) in [7, 11) is 0. The summed E-state index contributed by atoms with van der Waals surface area (Å²) < 4.78 is 1.51. The Morgan fingerprint density at radius 1 is 1.18 bits per heavy atom. The topological polar surface area (TPSA) is 88.9 Å². The fraction of sp³-hybridized carbons (Fsp3) is 0.500. The minimum Gasteiger partial charge on any atom is -0.378 e. The average molecular weight is 450 g/mol. The van der Waals surface area contributed by atoms with Gasteiger partial charge in [-0.15, -0.1) is 0 Å². The highest BCUT2D eigenvalue weighted by Crippen LogP contribution is 2.30. The molecule has 28 heavy (non-hydrogen) atoms. The molecule has 0 aromatic carbocycles. The molecule has 0 spiro atoms. The van der Waals surface area contributed by atoms with E-state index in [-0.39, 0.29) is 29.0 Å². The maximum absolute atomic E-state index is 12.6. The van der Waals surface area contributed by atoms with Crippen LogP contribution in [-0.2, 0) is 17.9 Å². The van der Waals surface area contributed by atoms with Crippen molar-refractivity contribution in [3.8, 4) is 0 Å². The Labute approximate surface area is 174 Å². The van der Waals surface area contributed by atoms with Gasteiger partial charge in [0, 0.05) is 24.5 Å². The first kappa shape index (κ1) is 22.1. The molecule has 0 bridgehead atoms. The molecular formula is C20H28BrN5O2. The SMILES string of the molecule is CC(C)(C)CC(C)(C)Nc1cnn(CC(=O)NCc2ccncc2)c(=O)c1Br. The molecule has 0 fully saturated rings. The van der Waals surface area contributed by atoms with Gasteiger partial charge in [0.2, 0.25) is 5.91 Å². The van der Waals surface area contributed by atoms with Crippen LogP contribution in [0.1, 0.15) is 46.6 Å². The zero-order valence-electron chi connectivity index (χ0n) is 17.0. The minimum absolute atomic E-state index is 0.137. The molecule has 0 aliphatic heterocycles. The summed E-state index contributed by atoms with van der Waals surface area (Å²) in [6.45, 7) is 10.9. The fourth-order valence-corrected chi connectivity index (χ4v) is 3.70. The van der Waals surface area contributed by atoms with Crippen LogP contribution in [0.15, 0.2) is 40.0 Å². The molecular weight excluding hydrogens is 422 g/mol. The van der Waals surface area contributed by atoms with Crippen LogP contribution in [0.4, 0.5) is 5.69 Å². The molecule has 0 atom stereocenters. The van der Waals surface area contributed by atoms with Crippen LogP contribution < -0.4 is 16.2 Å². The molecule has 8 heteroatoms. The lowest BCUT2D eigenvalue weighted by Gasteiger charge is -2.34. The average Bonchev–Trinajstić information content (AvgIpc) is 2.58. The molecule has 152 valence electrons. The summed E-state index contributed by atoms with van der Waals surface area (Å²) in [6.07, 6.45) is 5.81. The summed E-state index contributed by atoms with van der Waals surface area (Å²) >= 11 is 3.35. The van der Waals surface area contributed by atoms with Crippen LogP contribution in [-0.4, -0.2) is 26.2 Å². The van der Waals surface area contributed by atoms with Crippen LogP contribution in [0.2, 0.25) is 0 Å². The monoisotopic (exact) mass is 449 g/mol. The van der Waals surface area contributed by atoms with E-state index in [0.29, 0.717) is 16.7 Å². The highest BCUT2D eigenvalue weighted by atomic mass is 79.9. The largest absolute Gasteiger partial charge is 0.378 e. The van der Waals surface area contributed by atoms with Gasteiger partial charge < -0.3 is 10.6 Å². The lowest BCUT2D eigenvalue weighted by molar-refractivity contribution is -0.122. The van der Waals surface area contributed by atoms with Gasteiger partial charge in [-0.25, -0.2) is 4.68 Å². The van der Waals surface area contributed by atoms with Crippen LogP contribution in [0.25, 0.3) is 0 Å².